The molecule has 2 aromatic rings. The molecule has 0 aliphatic carbocycles. The molecule has 2 aromatic heterocycles. The number of aliphatic hydroxyl groups is 1. The van der Waals surface area contributed by atoms with Gasteiger partial charge in [-0.15, -0.1) is 0 Å². The molecular formula is C22H34N8O. The van der Waals surface area contributed by atoms with Gasteiger partial charge in [-0.2, -0.15) is 4.98 Å². The maximum atomic E-state index is 9.86. The Hall–Kier alpha value is -2.52. The second-order valence-corrected chi connectivity index (χ2v) is 8.60. The predicted octanol–water partition coefficient (Wildman–Crippen LogP) is 1.57. The van der Waals surface area contributed by atoms with Crippen LogP contribution in [0.1, 0.15) is 39.6 Å². The molecule has 2 aliphatic rings. The smallest absolute Gasteiger partial charge is 0.227 e. The van der Waals surface area contributed by atoms with Crippen LogP contribution in [0.3, 0.4) is 0 Å². The zero-order valence-corrected chi connectivity index (χ0v) is 19.0. The summed E-state index contributed by atoms with van der Waals surface area (Å²) in [5.74, 6) is 3.13. The molecule has 2 aliphatic heterocycles. The molecule has 3 atom stereocenters. The van der Waals surface area contributed by atoms with E-state index < -0.39 is 6.10 Å². The molecule has 4 rings (SSSR count). The SMILES string of the molecule is CCN1CCN(c2nccc(N3C[C@@H](C)N(c4ccnc([C@@H](C)O)n4)[C@@H](C)C3)n2)CC1. The van der Waals surface area contributed by atoms with Crippen molar-refractivity contribution >= 4 is 17.6 Å². The molecule has 168 valence electrons. The summed E-state index contributed by atoms with van der Waals surface area (Å²) in [5.41, 5.74) is 0. The average Bonchev–Trinajstić information content (AvgIpc) is 2.79. The number of likely N-dealkylation sites (N-methyl/N-ethyl adjacent to an activating group) is 1. The fourth-order valence-electron chi connectivity index (χ4n) is 4.60. The summed E-state index contributed by atoms with van der Waals surface area (Å²) in [6, 6.07) is 4.42. The van der Waals surface area contributed by atoms with Gasteiger partial charge in [0.25, 0.3) is 0 Å². The summed E-state index contributed by atoms with van der Waals surface area (Å²) in [6.07, 6.45) is 2.93. The molecule has 0 radical (unpaired) electrons. The van der Waals surface area contributed by atoms with E-state index in [2.05, 4.69) is 55.3 Å². The number of aromatic nitrogens is 4. The lowest BCUT2D eigenvalue weighted by atomic mass is 10.1. The molecule has 9 nitrogen and oxygen atoms in total. The molecule has 9 heteroatoms. The summed E-state index contributed by atoms with van der Waals surface area (Å²) in [7, 11) is 0. The first kappa shape index (κ1) is 21.7. The van der Waals surface area contributed by atoms with Crippen molar-refractivity contribution in [2.75, 3.05) is 60.5 Å². The van der Waals surface area contributed by atoms with Gasteiger partial charge in [0.15, 0.2) is 5.82 Å². The van der Waals surface area contributed by atoms with Crippen molar-refractivity contribution in [2.45, 2.75) is 45.9 Å². The number of hydrogen-bond acceptors (Lipinski definition) is 9. The van der Waals surface area contributed by atoms with Crippen molar-refractivity contribution in [3.63, 3.8) is 0 Å². The van der Waals surface area contributed by atoms with E-state index in [0.29, 0.717) is 5.82 Å². The molecule has 0 bridgehead atoms. The Kier molecular flexibility index (Phi) is 6.52. The molecular weight excluding hydrogens is 392 g/mol. The largest absolute Gasteiger partial charge is 0.385 e. The lowest BCUT2D eigenvalue weighted by Crippen LogP contribution is -2.57. The van der Waals surface area contributed by atoms with Crippen molar-refractivity contribution < 1.29 is 5.11 Å². The normalized spacial score (nSPS) is 23.8. The van der Waals surface area contributed by atoms with Gasteiger partial charge in [-0.1, -0.05) is 6.92 Å². The fraction of sp³-hybridized carbons (Fsp3) is 0.636. The highest BCUT2D eigenvalue weighted by Crippen LogP contribution is 2.27. The van der Waals surface area contributed by atoms with Crippen LogP contribution in [0.2, 0.25) is 0 Å². The van der Waals surface area contributed by atoms with Crippen LogP contribution in [0.4, 0.5) is 17.6 Å². The van der Waals surface area contributed by atoms with Gasteiger partial charge in [-0.25, -0.2) is 15.0 Å². The van der Waals surface area contributed by atoms with Crippen LogP contribution in [-0.2, 0) is 0 Å². The Balaban J connectivity index is 1.47. The quantitative estimate of drug-likeness (QED) is 0.766. The Bertz CT molecular complexity index is 858. The van der Waals surface area contributed by atoms with E-state index in [0.717, 1.165) is 63.4 Å². The summed E-state index contributed by atoms with van der Waals surface area (Å²) >= 11 is 0. The number of rotatable bonds is 5. The first-order chi connectivity index (χ1) is 15.0. The van der Waals surface area contributed by atoms with Crippen LogP contribution in [0.25, 0.3) is 0 Å². The summed E-state index contributed by atoms with van der Waals surface area (Å²) in [4.78, 5) is 27.7. The number of hydrogen-bond donors (Lipinski definition) is 1. The van der Waals surface area contributed by atoms with Gasteiger partial charge < -0.3 is 24.7 Å². The molecule has 4 heterocycles. The zero-order valence-electron chi connectivity index (χ0n) is 19.0. The van der Waals surface area contributed by atoms with Crippen LogP contribution in [0.15, 0.2) is 24.5 Å². The van der Waals surface area contributed by atoms with E-state index in [9.17, 15) is 5.11 Å². The Morgan fingerprint density at radius 2 is 1.58 bits per heavy atom. The van der Waals surface area contributed by atoms with E-state index in [1.54, 1.807) is 13.1 Å². The van der Waals surface area contributed by atoms with Crippen molar-refractivity contribution in [1.29, 1.82) is 0 Å². The first-order valence-corrected chi connectivity index (χ1v) is 11.3. The Morgan fingerprint density at radius 1 is 0.935 bits per heavy atom. The van der Waals surface area contributed by atoms with Crippen LogP contribution in [0, 0.1) is 0 Å². The maximum absolute atomic E-state index is 9.86. The summed E-state index contributed by atoms with van der Waals surface area (Å²) < 4.78 is 0. The van der Waals surface area contributed by atoms with E-state index in [1.165, 1.54) is 0 Å². The second-order valence-electron chi connectivity index (χ2n) is 8.60. The topological polar surface area (TPSA) is 84.8 Å². The Morgan fingerprint density at radius 3 is 2.23 bits per heavy atom. The predicted molar refractivity (Wildman–Crippen MR) is 123 cm³/mol. The minimum Gasteiger partial charge on any atom is -0.385 e. The monoisotopic (exact) mass is 426 g/mol. The third-order valence-corrected chi connectivity index (χ3v) is 6.27. The number of nitrogens with zero attached hydrogens (tertiary/aromatic N) is 8. The van der Waals surface area contributed by atoms with Crippen molar-refractivity contribution in [1.82, 2.24) is 24.8 Å². The highest BCUT2D eigenvalue weighted by Gasteiger charge is 2.32. The van der Waals surface area contributed by atoms with Gasteiger partial charge in [0.1, 0.15) is 17.7 Å². The lowest BCUT2D eigenvalue weighted by Gasteiger charge is -2.45. The molecule has 31 heavy (non-hydrogen) atoms. The fourth-order valence-corrected chi connectivity index (χ4v) is 4.60. The lowest BCUT2D eigenvalue weighted by molar-refractivity contribution is 0.189. The molecule has 0 aromatic carbocycles. The number of aliphatic hydroxyl groups excluding tert-OH is 1. The molecule has 0 saturated carbocycles. The number of anilines is 3. The van der Waals surface area contributed by atoms with Crippen molar-refractivity contribution in [3.8, 4) is 0 Å². The molecule has 2 fully saturated rings. The average molecular weight is 427 g/mol. The van der Waals surface area contributed by atoms with Gasteiger partial charge in [0, 0.05) is 63.7 Å². The van der Waals surface area contributed by atoms with Crippen LogP contribution < -0.4 is 14.7 Å². The molecule has 0 spiro atoms. The first-order valence-electron chi connectivity index (χ1n) is 11.3. The third kappa shape index (κ3) is 4.72. The minimum absolute atomic E-state index is 0.243. The van der Waals surface area contributed by atoms with E-state index in [1.807, 2.05) is 18.3 Å². The van der Waals surface area contributed by atoms with Crippen LogP contribution in [0.5, 0.6) is 0 Å². The minimum atomic E-state index is -0.675. The Labute approximate surface area is 184 Å². The van der Waals surface area contributed by atoms with Crippen LogP contribution >= 0.6 is 0 Å². The van der Waals surface area contributed by atoms with Gasteiger partial charge in [0.2, 0.25) is 5.95 Å². The second kappa shape index (κ2) is 9.32. The molecule has 1 N–H and O–H groups in total. The standard InChI is InChI=1S/C22H34N8O/c1-5-27-10-12-28(13-11-27)22-24-9-6-19(26-22)29-14-16(2)30(17(3)15-29)20-7-8-23-21(25-20)18(4)31/h6-9,16-18,31H,5,10-15H2,1-4H3/t16-,17+,18-/m1/s1. The van der Waals surface area contributed by atoms with Crippen LogP contribution in [-0.4, -0.2) is 87.8 Å². The highest BCUT2D eigenvalue weighted by atomic mass is 16.3. The number of piperazine rings is 2. The summed E-state index contributed by atoms with van der Waals surface area (Å²) in [5, 5.41) is 9.86. The molecule has 0 unspecified atom stereocenters. The van der Waals surface area contributed by atoms with E-state index >= 15 is 0 Å². The highest BCUT2D eigenvalue weighted by molar-refractivity contribution is 5.49. The molecule has 0 amide bonds. The summed E-state index contributed by atoms with van der Waals surface area (Å²) in [6.45, 7) is 15.2. The van der Waals surface area contributed by atoms with Gasteiger partial charge in [-0.3, -0.25) is 0 Å². The van der Waals surface area contributed by atoms with Gasteiger partial charge in [0.05, 0.1) is 0 Å². The van der Waals surface area contributed by atoms with Gasteiger partial charge >= 0.3 is 0 Å². The van der Waals surface area contributed by atoms with E-state index in [4.69, 9.17) is 4.98 Å². The molecule has 2 saturated heterocycles. The maximum Gasteiger partial charge on any atom is 0.227 e. The third-order valence-electron chi connectivity index (χ3n) is 6.27. The van der Waals surface area contributed by atoms with Crippen molar-refractivity contribution in [3.05, 3.63) is 30.4 Å². The zero-order chi connectivity index (χ0) is 22.0. The van der Waals surface area contributed by atoms with E-state index in [-0.39, 0.29) is 12.1 Å². The van der Waals surface area contributed by atoms with Gasteiger partial charge in [-0.05, 0) is 39.4 Å². The van der Waals surface area contributed by atoms with Crippen molar-refractivity contribution in [2.24, 2.45) is 0 Å².